The maximum atomic E-state index is 6.25. The summed E-state index contributed by atoms with van der Waals surface area (Å²) in [6.45, 7) is 11.0. The van der Waals surface area contributed by atoms with Crippen LogP contribution in [0.1, 0.15) is 72.6 Å². The van der Waals surface area contributed by atoms with Crippen LogP contribution in [0.5, 0.6) is 0 Å². The summed E-state index contributed by atoms with van der Waals surface area (Å²) in [6.07, 6.45) is 9.65. The highest BCUT2D eigenvalue weighted by molar-refractivity contribution is 5.08. The fourth-order valence-corrected chi connectivity index (χ4v) is 6.01. The van der Waals surface area contributed by atoms with Crippen molar-refractivity contribution in [1.29, 1.82) is 0 Å². The largest absolute Gasteiger partial charge is 0.375 e. The number of fused-ring (bicyclic) bond motifs is 3. The SMILES string of the molecule is CC1(C)CCCC2(C)[C@@H]1CC[C@@]1(C)OCCC[C@H]21. The van der Waals surface area contributed by atoms with Gasteiger partial charge in [-0.1, -0.05) is 27.2 Å². The first-order chi connectivity index (χ1) is 8.39. The van der Waals surface area contributed by atoms with E-state index in [1.54, 1.807) is 0 Å². The molecule has 18 heavy (non-hydrogen) atoms. The lowest BCUT2D eigenvalue weighted by Crippen LogP contribution is -2.59. The van der Waals surface area contributed by atoms with Crippen LogP contribution in [0.25, 0.3) is 0 Å². The molecule has 3 rings (SSSR count). The summed E-state index contributed by atoms with van der Waals surface area (Å²) >= 11 is 0. The highest BCUT2D eigenvalue weighted by Gasteiger charge is 2.59. The van der Waals surface area contributed by atoms with E-state index in [-0.39, 0.29) is 5.60 Å². The molecule has 0 spiro atoms. The smallest absolute Gasteiger partial charge is 0.0687 e. The van der Waals surface area contributed by atoms with Crippen LogP contribution in [0.4, 0.5) is 0 Å². The van der Waals surface area contributed by atoms with Gasteiger partial charge in [0.25, 0.3) is 0 Å². The van der Waals surface area contributed by atoms with Gasteiger partial charge in [-0.3, -0.25) is 0 Å². The van der Waals surface area contributed by atoms with E-state index in [0.29, 0.717) is 10.8 Å². The Morgan fingerprint density at radius 2 is 1.61 bits per heavy atom. The summed E-state index contributed by atoms with van der Waals surface area (Å²) in [6, 6.07) is 0. The average Bonchev–Trinajstić information content (AvgIpc) is 2.27. The first-order valence-corrected chi connectivity index (χ1v) is 8.02. The molecule has 2 saturated carbocycles. The van der Waals surface area contributed by atoms with Crippen LogP contribution in [0.3, 0.4) is 0 Å². The number of rotatable bonds is 0. The predicted octanol–water partition coefficient (Wildman–Crippen LogP) is 4.80. The summed E-state index contributed by atoms with van der Waals surface area (Å²) in [5.41, 5.74) is 1.28. The lowest BCUT2D eigenvalue weighted by atomic mass is 9.45. The molecule has 2 aliphatic carbocycles. The zero-order valence-electron chi connectivity index (χ0n) is 12.7. The maximum absolute atomic E-state index is 6.25. The van der Waals surface area contributed by atoms with Gasteiger partial charge >= 0.3 is 0 Å². The standard InChI is InChI=1S/C17H30O/c1-15(2)9-6-10-16(3)13(15)8-11-17(4)14(16)7-5-12-18-17/h13-14H,5-12H2,1-4H3/t13-,14-,16?,17-/m1/s1. The van der Waals surface area contributed by atoms with Crippen LogP contribution in [0.2, 0.25) is 0 Å². The Bertz CT molecular complexity index is 335. The van der Waals surface area contributed by atoms with Crippen LogP contribution in [-0.4, -0.2) is 12.2 Å². The molecule has 3 fully saturated rings. The molecule has 0 aromatic carbocycles. The molecule has 3 aliphatic rings. The van der Waals surface area contributed by atoms with Crippen LogP contribution >= 0.6 is 0 Å². The van der Waals surface area contributed by atoms with E-state index in [0.717, 1.165) is 18.4 Å². The molecule has 1 saturated heterocycles. The zero-order chi connectivity index (χ0) is 13.0. The second kappa shape index (κ2) is 3.98. The summed E-state index contributed by atoms with van der Waals surface area (Å²) in [5, 5.41) is 0. The Hall–Kier alpha value is -0.0400. The van der Waals surface area contributed by atoms with Crippen molar-refractivity contribution in [2.75, 3.05) is 6.61 Å². The van der Waals surface area contributed by atoms with Gasteiger partial charge in [0.2, 0.25) is 0 Å². The normalized spacial score (nSPS) is 51.3. The van der Waals surface area contributed by atoms with Crippen LogP contribution in [-0.2, 0) is 4.74 Å². The summed E-state index contributed by atoms with van der Waals surface area (Å²) in [5.74, 6) is 1.72. The van der Waals surface area contributed by atoms with Crippen LogP contribution < -0.4 is 0 Å². The Morgan fingerprint density at radius 1 is 0.833 bits per heavy atom. The van der Waals surface area contributed by atoms with E-state index in [1.807, 2.05) is 0 Å². The van der Waals surface area contributed by atoms with Crippen molar-refractivity contribution in [1.82, 2.24) is 0 Å². The van der Waals surface area contributed by atoms with Gasteiger partial charge in [-0.25, -0.2) is 0 Å². The minimum absolute atomic E-state index is 0.191. The second-order valence-electron chi connectivity index (χ2n) is 8.30. The molecule has 1 unspecified atom stereocenters. The highest BCUT2D eigenvalue weighted by Crippen LogP contribution is 2.64. The molecule has 0 radical (unpaired) electrons. The average molecular weight is 250 g/mol. The fourth-order valence-electron chi connectivity index (χ4n) is 6.01. The second-order valence-corrected chi connectivity index (χ2v) is 8.30. The third kappa shape index (κ3) is 1.69. The quantitative estimate of drug-likeness (QED) is 0.600. The Balaban J connectivity index is 1.96. The molecule has 0 bridgehead atoms. The number of hydrogen-bond acceptors (Lipinski definition) is 1. The third-order valence-electron chi connectivity index (χ3n) is 6.81. The lowest BCUT2D eigenvalue weighted by Gasteiger charge is -2.63. The fraction of sp³-hybridized carbons (Fsp3) is 1.00. The number of ether oxygens (including phenoxy) is 1. The van der Waals surface area contributed by atoms with Gasteiger partial charge in [0.15, 0.2) is 0 Å². The van der Waals surface area contributed by atoms with Crippen molar-refractivity contribution in [3.05, 3.63) is 0 Å². The highest BCUT2D eigenvalue weighted by atomic mass is 16.5. The van der Waals surface area contributed by atoms with Crippen molar-refractivity contribution in [3.63, 3.8) is 0 Å². The Kier molecular flexibility index (Phi) is 2.86. The lowest BCUT2D eigenvalue weighted by molar-refractivity contribution is -0.212. The molecular formula is C17H30O. The van der Waals surface area contributed by atoms with Crippen molar-refractivity contribution in [2.45, 2.75) is 78.2 Å². The first kappa shape index (κ1) is 13.0. The molecule has 0 amide bonds. The van der Waals surface area contributed by atoms with E-state index < -0.39 is 0 Å². The van der Waals surface area contributed by atoms with Gasteiger partial charge < -0.3 is 4.74 Å². The first-order valence-electron chi connectivity index (χ1n) is 8.02. The van der Waals surface area contributed by atoms with Crippen molar-refractivity contribution < 1.29 is 4.74 Å². The minimum Gasteiger partial charge on any atom is -0.375 e. The molecule has 104 valence electrons. The van der Waals surface area contributed by atoms with Crippen LogP contribution in [0.15, 0.2) is 0 Å². The third-order valence-corrected chi connectivity index (χ3v) is 6.81. The van der Waals surface area contributed by atoms with Gasteiger partial charge in [0, 0.05) is 6.61 Å². The summed E-state index contributed by atoms with van der Waals surface area (Å²) < 4.78 is 6.25. The molecule has 1 nitrogen and oxygen atoms in total. The molecule has 1 heterocycles. The molecule has 4 atom stereocenters. The zero-order valence-corrected chi connectivity index (χ0v) is 12.7. The molecule has 0 aromatic rings. The van der Waals surface area contributed by atoms with Gasteiger partial charge in [0.1, 0.15) is 0 Å². The molecule has 0 N–H and O–H groups in total. The van der Waals surface area contributed by atoms with E-state index >= 15 is 0 Å². The molecule has 1 heteroatoms. The monoisotopic (exact) mass is 250 g/mol. The van der Waals surface area contributed by atoms with Gasteiger partial charge in [-0.2, -0.15) is 0 Å². The molecule has 0 aromatic heterocycles. The molecule has 1 aliphatic heterocycles. The van der Waals surface area contributed by atoms with Crippen LogP contribution in [0, 0.1) is 22.7 Å². The topological polar surface area (TPSA) is 9.23 Å². The van der Waals surface area contributed by atoms with Crippen molar-refractivity contribution >= 4 is 0 Å². The van der Waals surface area contributed by atoms with E-state index in [4.69, 9.17) is 4.74 Å². The maximum Gasteiger partial charge on any atom is 0.0687 e. The Morgan fingerprint density at radius 3 is 2.39 bits per heavy atom. The number of hydrogen-bond donors (Lipinski definition) is 0. The summed E-state index contributed by atoms with van der Waals surface area (Å²) in [4.78, 5) is 0. The van der Waals surface area contributed by atoms with Crippen molar-refractivity contribution in [3.8, 4) is 0 Å². The van der Waals surface area contributed by atoms with Gasteiger partial charge in [-0.05, 0) is 68.1 Å². The van der Waals surface area contributed by atoms with E-state index in [1.165, 1.54) is 44.9 Å². The van der Waals surface area contributed by atoms with E-state index in [9.17, 15) is 0 Å². The predicted molar refractivity (Wildman–Crippen MR) is 75.5 cm³/mol. The van der Waals surface area contributed by atoms with Gasteiger partial charge in [0.05, 0.1) is 5.60 Å². The molecular weight excluding hydrogens is 220 g/mol. The summed E-state index contributed by atoms with van der Waals surface area (Å²) in [7, 11) is 0. The minimum atomic E-state index is 0.191. The van der Waals surface area contributed by atoms with E-state index in [2.05, 4.69) is 27.7 Å². The Labute approximate surface area is 113 Å². The van der Waals surface area contributed by atoms with Gasteiger partial charge in [-0.15, -0.1) is 0 Å². The van der Waals surface area contributed by atoms with Crippen molar-refractivity contribution in [2.24, 2.45) is 22.7 Å².